The van der Waals surface area contributed by atoms with E-state index >= 15 is 0 Å². The molecule has 1 aromatic carbocycles. The van der Waals surface area contributed by atoms with Gasteiger partial charge in [0.25, 0.3) is 0 Å². The number of aryl methyl sites for hydroxylation is 1. The number of aromatic nitrogens is 2. The van der Waals surface area contributed by atoms with Gasteiger partial charge in [0.1, 0.15) is 11.0 Å². The molecule has 1 amide bonds. The minimum atomic E-state index is 0.0507. The number of carbonyl (C=O) groups is 1. The van der Waals surface area contributed by atoms with Crippen LogP contribution in [0, 0.1) is 12.8 Å². The summed E-state index contributed by atoms with van der Waals surface area (Å²) in [7, 11) is 0. The number of nitrogens with zero attached hydrogens (tertiary/aromatic N) is 3. The first kappa shape index (κ1) is 14.4. The first-order valence-electron chi connectivity index (χ1n) is 7.37. The topological polar surface area (TPSA) is 58.1 Å². The standard InChI is InChI=1S/C15H20N4OS/c1-10-4-3-7-19(8-10)9-14(20)16-12-5-6-13-15(11(12)2)18-21-17-13/h5-6,10H,3-4,7-9H2,1-2H3,(H,16,20)/t10-/m0/s1. The minimum absolute atomic E-state index is 0.0507. The van der Waals surface area contributed by atoms with Gasteiger partial charge in [-0.05, 0) is 44.4 Å². The average molecular weight is 304 g/mol. The SMILES string of the molecule is Cc1c(NC(=O)CN2CCC[C@H](C)C2)ccc2nsnc12. The van der Waals surface area contributed by atoms with Crippen molar-refractivity contribution in [3.8, 4) is 0 Å². The molecule has 6 heteroatoms. The molecule has 21 heavy (non-hydrogen) atoms. The fraction of sp³-hybridized carbons (Fsp3) is 0.533. The van der Waals surface area contributed by atoms with E-state index in [1.807, 2.05) is 19.1 Å². The maximum Gasteiger partial charge on any atom is 0.238 e. The summed E-state index contributed by atoms with van der Waals surface area (Å²) in [6.45, 7) is 6.73. The third-order valence-electron chi connectivity index (χ3n) is 4.06. The van der Waals surface area contributed by atoms with Crippen molar-refractivity contribution in [1.29, 1.82) is 0 Å². The Kier molecular flexibility index (Phi) is 4.17. The molecule has 1 atom stereocenters. The number of hydrogen-bond donors (Lipinski definition) is 1. The van der Waals surface area contributed by atoms with Gasteiger partial charge in [-0.2, -0.15) is 8.75 Å². The summed E-state index contributed by atoms with van der Waals surface area (Å²) in [5.41, 5.74) is 3.59. The summed E-state index contributed by atoms with van der Waals surface area (Å²) in [5, 5.41) is 3.01. The van der Waals surface area contributed by atoms with E-state index in [0.29, 0.717) is 12.5 Å². The van der Waals surface area contributed by atoms with Crippen molar-refractivity contribution in [2.45, 2.75) is 26.7 Å². The van der Waals surface area contributed by atoms with Gasteiger partial charge in [-0.3, -0.25) is 9.69 Å². The van der Waals surface area contributed by atoms with Gasteiger partial charge < -0.3 is 5.32 Å². The summed E-state index contributed by atoms with van der Waals surface area (Å²) >= 11 is 1.20. The van der Waals surface area contributed by atoms with Crippen LogP contribution in [0.2, 0.25) is 0 Å². The third-order valence-corrected chi connectivity index (χ3v) is 4.61. The second-order valence-electron chi connectivity index (χ2n) is 5.90. The van der Waals surface area contributed by atoms with Gasteiger partial charge in [0.05, 0.1) is 18.3 Å². The highest BCUT2D eigenvalue weighted by atomic mass is 32.1. The first-order valence-corrected chi connectivity index (χ1v) is 8.10. The van der Waals surface area contributed by atoms with Crippen LogP contribution in [0.4, 0.5) is 5.69 Å². The summed E-state index contributed by atoms with van der Waals surface area (Å²) in [6, 6.07) is 3.82. The molecule has 1 aliphatic heterocycles. The fourth-order valence-corrected chi connectivity index (χ4v) is 3.53. The number of anilines is 1. The zero-order chi connectivity index (χ0) is 14.8. The number of benzene rings is 1. The molecule has 0 bridgehead atoms. The highest BCUT2D eigenvalue weighted by Gasteiger charge is 2.19. The highest BCUT2D eigenvalue weighted by molar-refractivity contribution is 7.00. The molecular weight excluding hydrogens is 284 g/mol. The fourth-order valence-electron chi connectivity index (χ4n) is 2.94. The van der Waals surface area contributed by atoms with Crippen LogP contribution in [0.15, 0.2) is 12.1 Å². The molecule has 3 rings (SSSR count). The van der Waals surface area contributed by atoms with Crippen LogP contribution in [0.25, 0.3) is 11.0 Å². The largest absolute Gasteiger partial charge is 0.325 e. The first-order chi connectivity index (χ1) is 10.1. The lowest BCUT2D eigenvalue weighted by Gasteiger charge is -2.30. The highest BCUT2D eigenvalue weighted by Crippen LogP contribution is 2.24. The number of likely N-dealkylation sites (tertiary alicyclic amines) is 1. The van der Waals surface area contributed by atoms with E-state index in [0.717, 1.165) is 35.4 Å². The maximum absolute atomic E-state index is 12.2. The predicted molar refractivity (Wildman–Crippen MR) is 85.6 cm³/mol. The van der Waals surface area contributed by atoms with Crippen molar-refractivity contribution in [2.24, 2.45) is 5.92 Å². The van der Waals surface area contributed by atoms with Crippen molar-refractivity contribution in [2.75, 3.05) is 25.0 Å². The van der Waals surface area contributed by atoms with Gasteiger partial charge >= 0.3 is 0 Å². The molecule has 0 radical (unpaired) electrons. The zero-order valence-electron chi connectivity index (χ0n) is 12.4. The van der Waals surface area contributed by atoms with Gasteiger partial charge in [-0.1, -0.05) is 6.92 Å². The molecule has 0 saturated carbocycles. The van der Waals surface area contributed by atoms with E-state index in [1.165, 1.54) is 24.6 Å². The van der Waals surface area contributed by atoms with Crippen molar-refractivity contribution < 1.29 is 4.79 Å². The van der Waals surface area contributed by atoms with Crippen molar-refractivity contribution in [1.82, 2.24) is 13.6 Å². The van der Waals surface area contributed by atoms with E-state index in [4.69, 9.17) is 0 Å². The van der Waals surface area contributed by atoms with Gasteiger partial charge in [0.15, 0.2) is 0 Å². The van der Waals surface area contributed by atoms with Crippen LogP contribution in [0.1, 0.15) is 25.3 Å². The van der Waals surface area contributed by atoms with E-state index in [-0.39, 0.29) is 5.91 Å². The Labute approximate surface area is 128 Å². The molecule has 0 spiro atoms. The molecule has 5 nitrogen and oxygen atoms in total. The van der Waals surface area contributed by atoms with E-state index in [2.05, 4.69) is 25.9 Å². The van der Waals surface area contributed by atoms with Crippen LogP contribution in [-0.2, 0) is 4.79 Å². The molecule has 2 aromatic rings. The second-order valence-corrected chi connectivity index (χ2v) is 6.43. The molecule has 0 unspecified atom stereocenters. The zero-order valence-corrected chi connectivity index (χ0v) is 13.2. The number of fused-ring (bicyclic) bond motifs is 1. The van der Waals surface area contributed by atoms with Gasteiger partial charge in [-0.15, -0.1) is 0 Å². The number of carbonyl (C=O) groups excluding carboxylic acids is 1. The average Bonchev–Trinajstić information content (AvgIpc) is 2.91. The normalized spacial score (nSPS) is 19.8. The maximum atomic E-state index is 12.2. The number of nitrogens with one attached hydrogen (secondary N) is 1. The number of piperidine rings is 1. The number of hydrogen-bond acceptors (Lipinski definition) is 5. The van der Waals surface area contributed by atoms with E-state index in [1.54, 1.807) is 0 Å². The Morgan fingerprint density at radius 2 is 2.33 bits per heavy atom. The van der Waals surface area contributed by atoms with Crippen LogP contribution in [0.5, 0.6) is 0 Å². The lowest BCUT2D eigenvalue weighted by Crippen LogP contribution is -2.39. The molecule has 1 aliphatic rings. The Morgan fingerprint density at radius 1 is 1.48 bits per heavy atom. The Bertz CT molecular complexity index is 654. The lowest BCUT2D eigenvalue weighted by molar-refractivity contribution is -0.117. The summed E-state index contributed by atoms with van der Waals surface area (Å²) in [4.78, 5) is 14.5. The summed E-state index contributed by atoms with van der Waals surface area (Å²) < 4.78 is 8.49. The van der Waals surface area contributed by atoms with Crippen LogP contribution < -0.4 is 5.32 Å². The molecule has 1 N–H and O–H groups in total. The predicted octanol–water partition coefficient (Wildman–Crippen LogP) is 2.67. The van der Waals surface area contributed by atoms with Crippen LogP contribution in [-0.4, -0.2) is 39.2 Å². The molecule has 1 saturated heterocycles. The summed E-state index contributed by atoms with van der Waals surface area (Å²) in [6.07, 6.45) is 2.45. The Balaban J connectivity index is 1.67. The monoisotopic (exact) mass is 304 g/mol. The minimum Gasteiger partial charge on any atom is -0.325 e. The van der Waals surface area contributed by atoms with Crippen molar-refractivity contribution >= 4 is 34.4 Å². The van der Waals surface area contributed by atoms with Crippen LogP contribution in [0.3, 0.4) is 0 Å². The van der Waals surface area contributed by atoms with E-state index in [9.17, 15) is 4.79 Å². The molecule has 2 heterocycles. The van der Waals surface area contributed by atoms with Crippen molar-refractivity contribution in [3.63, 3.8) is 0 Å². The second kappa shape index (κ2) is 6.07. The van der Waals surface area contributed by atoms with E-state index < -0.39 is 0 Å². The summed E-state index contributed by atoms with van der Waals surface area (Å²) in [5.74, 6) is 0.737. The molecule has 1 fully saturated rings. The van der Waals surface area contributed by atoms with Crippen molar-refractivity contribution in [3.05, 3.63) is 17.7 Å². The van der Waals surface area contributed by atoms with Gasteiger partial charge in [0, 0.05) is 17.8 Å². The number of amides is 1. The quantitative estimate of drug-likeness (QED) is 0.947. The van der Waals surface area contributed by atoms with Gasteiger partial charge in [0.2, 0.25) is 5.91 Å². The smallest absolute Gasteiger partial charge is 0.238 e. The third kappa shape index (κ3) is 3.22. The molecule has 0 aliphatic carbocycles. The Morgan fingerprint density at radius 3 is 3.14 bits per heavy atom. The molecular formula is C15H20N4OS. The van der Waals surface area contributed by atoms with Gasteiger partial charge in [-0.25, -0.2) is 0 Å². The lowest BCUT2D eigenvalue weighted by atomic mass is 10.0. The Hall–Kier alpha value is -1.53. The number of rotatable bonds is 3. The van der Waals surface area contributed by atoms with Crippen LogP contribution >= 0.6 is 11.7 Å². The molecule has 1 aromatic heterocycles. The molecule has 112 valence electrons.